The van der Waals surface area contributed by atoms with Crippen LogP contribution in [-0.4, -0.2) is 29.6 Å². The van der Waals surface area contributed by atoms with Gasteiger partial charge in [0.25, 0.3) is 0 Å². The lowest BCUT2D eigenvalue weighted by Crippen LogP contribution is -2.22. The summed E-state index contributed by atoms with van der Waals surface area (Å²) in [6.07, 6.45) is 4.13. The van der Waals surface area contributed by atoms with Crippen molar-refractivity contribution >= 4 is 11.5 Å². The molecule has 0 bridgehead atoms. The Bertz CT molecular complexity index is 680. The van der Waals surface area contributed by atoms with E-state index in [2.05, 4.69) is 20.2 Å². The van der Waals surface area contributed by atoms with Crippen LogP contribution in [0.25, 0.3) is 0 Å². The van der Waals surface area contributed by atoms with Crippen LogP contribution in [0.3, 0.4) is 0 Å². The quantitative estimate of drug-likeness (QED) is 0.939. The second kappa shape index (κ2) is 6.39. The summed E-state index contributed by atoms with van der Waals surface area (Å²) in [5.41, 5.74) is 1.36. The molecular weight excluding hydrogens is 281 g/mol. The first-order valence-corrected chi connectivity index (χ1v) is 7.22. The summed E-state index contributed by atoms with van der Waals surface area (Å²) >= 11 is 0. The van der Waals surface area contributed by atoms with Gasteiger partial charge in [-0.25, -0.2) is 14.4 Å². The lowest BCUT2D eigenvalue weighted by atomic mass is 10.1. The van der Waals surface area contributed by atoms with E-state index in [9.17, 15) is 4.39 Å². The van der Waals surface area contributed by atoms with Crippen molar-refractivity contribution in [2.45, 2.75) is 6.42 Å². The maximum absolute atomic E-state index is 13.0. The molecule has 1 atom stereocenters. The second-order valence-electron chi connectivity index (χ2n) is 5.32. The maximum atomic E-state index is 13.0. The van der Waals surface area contributed by atoms with Gasteiger partial charge in [-0.15, -0.1) is 0 Å². The van der Waals surface area contributed by atoms with E-state index < -0.39 is 0 Å². The third kappa shape index (κ3) is 3.14. The molecular formula is C16H16FN5. The highest BCUT2D eigenvalue weighted by Crippen LogP contribution is 2.24. The zero-order valence-electron chi connectivity index (χ0n) is 12.0. The van der Waals surface area contributed by atoms with Gasteiger partial charge in [0.15, 0.2) is 11.5 Å². The van der Waals surface area contributed by atoms with Crippen molar-refractivity contribution in [1.82, 2.24) is 9.97 Å². The van der Waals surface area contributed by atoms with Crippen molar-refractivity contribution in [2.24, 2.45) is 5.92 Å². The Labute approximate surface area is 128 Å². The van der Waals surface area contributed by atoms with E-state index in [-0.39, 0.29) is 5.82 Å². The van der Waals surface area contributed by atoms with E-state index in [0.29, 0.717) is 17.4 Å². The van der Waals surface area contributed by atoms with Crippen LogP contribution in [0.4, 0.5) is 15.9 Å². The molecule has 2 heterocycles. The highest BCUT2D eigenvalue weighted by Gasteiger charge is 2.23. The molecule has 1 saturated heterocycles. The Balaban J connectivity index is 1.57. The summed E-state index contributed by atoms with van der Waals surface area (Å²) in [6, 6.07) is 8.61. The molecule has 2 aromatic rings. The zero-order chi connectivity index (χ0) is 15.4. The lowest BCUT2D eigenvalue weighted by molar-refractivity contribution is 0.620. The minimum absolute atomic E-state index is 0.215. The summed E-state index contributed by atoms with van der Waals surface area (Å²) in [5, 5.41) is 12.2. The fourth-order valence-electron chi connectivity index (χ4n) is 2.68. The van der Waals surface area contributed by atoms with E-state index in [4.69, 9.17) is 5.26 Å². The van der Waals surface area contributed by atoms with Crippen LogP contribution < -0.4 is 10.2 Å². The molecule has 0 radical (unpaired) electrons. The van der Waals surface area contributed by atoms with Crippen molar-refractivity contribution in [3.05, 3.63) is 48.2 Å². The number of hydrogen-bond donors (Lipinski definition) is 1. The molecule has 0 aliphatic carbocycles. The summed E-state index contributed by atoms with van der Waals surface area (Å²) in [4.78, 5) is 10.4. The van der Waals surface area contributed by atoms with Crippen molar-refractivity contribution < 1.29 is 4.39 Å². The predicted molar refractivity (Wildman–Crippen MR) is 82.0 cm³/mol. The van der Waals surface area contributed by atoms with Gasteiger partial charge in [-0.3, -0.25) is 0 Å². The molecule has 1 aromatic heterocycles. The monoisotopic (exact) mass is 297 g/mol. The van der Waals surface area contributed by atoms with Crippen molar-refractivity contribution in [3.8, 4) is 6.07 Å². The summed E-state index contributed by atoms with van der Waals surface area (Å²) < 4.78 is 13.0. The summed E-state index contributed by atoms with van der Waals surface area (Å²) in [7, 11) is 0. The van der Waals surface area contributed by atoms with Gasteiger partial charge in [0.1, 0.15) is 11.9 Å². The van der Waals surface area contributed by atoms with Gasteiger partial charge in [-0.1, -0.05) is 0 Å². The highest BCUT2D eigenvalue weighted by molar-refractivity contribution is 5.48. The largest absolute Gasteiger partial charge is 0.371 e. The number of anilines is 2. The first-order valence-electron chi connectivity index (χ1n) is 7.22. The van der Waals surface area contributed by atoms with E-state index in [0.717, 1.165) is 31.7 Å². The van der Waals surface area contributed by atoms with Crippen LogP contribution in [0.15, 0.2) is 36.7 Å². The number of halogens is 1. The molecule has 1 aromatic carbocycles. The first-order chi connectivity index (χ1) is 10.8. The Hall–Kier alpha value is -2.68. The highest BCUT2D eigenvalue weighted by atomic mass is 19.1. The van der Waals surface area contributed by atoms with Gasteiger partial charge in [0.2, 0.25) is 0 Å². The van der Waals surface area contributed by atoms with Gasteiger partial charge in [-0.05, 0) is 36.6 Å². The van der Waals surface area contributed by atoms with Gasteiger partial charge < -0.3 is 10.2 Å². The van der Waals surface area contributed by atoms with Crippen LogP contribution in [0.5, 0.6) is 0 Å². The van der Waals surface area contributed by atoms with Crippen LogP contribution in [0.1, 0.15) is 12.1 Å². The van der Waals surface area contributed by atoms with Gasteiger partial charge >= 0.3 is 0 Å². The molecule has 0 saturated carbocycles. The molecule has 1 fully saturated rings. The number of nitrogens with one attached hydrogen (secondary N) is 1. The molecule has 0 spiro atoms. The molecule has 0 unspecified atom stereocenters. The summed E-state index contributed by atoms with van der Waals surface area (Å²) in [6.45, 7) is 2.59. The molecule has 0 amide bonds. The minimum Gasteiger partial charge on any atom is -0.371 e. The third-order valence-electron chi connectivity index (χ3n) is 3.84. The van der Waals surface area contributed by atoms with E-state index in [1.165, 1.54) is 18.3 Å². The van der Waals surface area contributed by atoms with E-state index in [1.807, 2.05) is 18.2 Å². The average Bonchev–Trinajstić information content (AvgIpc) is 3.03. The molecule has 1 aliphatic heterocycles. The van der Waals surface area contributed by atoms with Crippen molar-refractivity contribution in [3.63, 3.8) is 0 Å². The number of benzene rings is 1. The zero-order valence-corrected chi connectivity index (χ0v) is 12.0. The molecule has 1 aliphatic rings. The fraction of sp³-hybridized carbons (Fsp3) is 0.312. The summed E-state index contributed by atoms with van der Waals surface area (Å²) in [5.74, 6) is 0.775. The predicted octanol–water partition coefficient (Wildman–Crippen LogP) is 2.43. The van der Waals surface area contributed by atoms with Crippen molar-refractivity contribution in [2.75, 3.05) is 29.9 Å². The standard InChI is InChI=1S/C16H16FN5/c17-13-1-3-14(4-2-13)22-8-5-12(11-22)10-21-16-15(9-18)19-6-7-20-16/h1-4,6-7,12H,5,8,10-11H2,(H,20,21)/t12-/m1/s1. The van der Waals surface area contributed by atoms with Gasteiger partial charge in [0, 0.05) is 37.7 Å². The second-order valence-corrected chi connectivity index (χ2v) is 5.32. The normalized spacial score (nSPS) is 17.3. The SMILES string of the molecule is N#Cc1nccnc1NC[C@H]1CCN(c2ccc(F)cc2)C1. The number of nitriles is 1. The minimum atomic E-state index is -0.215. The van der Waals surface area contributed by atoms with Gasteiger partial charge in [-0.2, -0.15) is 5.26 Å². The molecule has 22 heavy (non-hydrogen) atoms. The Morgan fingerprint density at radius 2 is 2.05 bits per heavy atom. The van der Waals surface area contributed by atoms with E-state index in [1.54, 1.807) is 6.20 Å². The number of nitrogens with zero attached hydrogens (tertiary/aromatic N) is 4. The molecule has 1 N–H and O–H groups in total. The molecule has 3 rings (SSSR count). The fourth-order valence-corrected chi connectivity index (χ4v) is 2.68. The average molecular weight is 297 g/mol. The molecule has 112 valence electrons. The third-order valence-corrected chi connectivity index (χ3v) is 3.84. The van der Waals surface area contributed by atoms with Crippen molar-refractivity contribution in [1.29, 1.82) is 5.26 Å². The van der Waals surface area contributed by atoms with Gasteiger partial charge in [0.05, 0.1) is 0 Å². The molecule has 6 heteroatoms. The number of rotatable bonds is 4. The Morgan fingerprint density at radius 1 is 1.27 bits per heavy atom. The Morgan fingerprint density at radius 3 is 2.82 bits per heavy atom. The molecule has 5 nitrogen and oxygen atoms in total. The van der Waals surface area contributed by atoms with Crippen LogP contribution in [0, 0.1) is 23.1 Å². The maximum Gasteiger partial charge on any atom is 0.182 e. The lowest BCUT2D eigenvalue weighted by Gasteiger charge is -2.19. The Kier molecular flexibility index (Phi) is 4.15. The van der Waals surface area contributed by atoms with Crippen LogP contribution in [0.2, 0.25) is 0 Å². The van der Waals surface area contributed by atoms with E-state index >= 15 is 0 Å². The number of hydrogen-bond acceptors (Lipinski definition) is 5. The first kappa shape index (κ1) is 14.3. The smallest absolute Gasteiger partial charge is 0.182 e. The number of aromatic nitrogens is 2. The van der Waals surface area contributed by atoms with Crippen LogP contribution in [-0.2, 0) is 0 Å². The topological polar surface area (TPSA) is 64.8 Å². The van der Waals surface area contributed by atoms with Crippen LogP contribution >= 0.6 is 0 Å².